The van der Waals surface area contributed by atoms with E-state index in [1.54, 1.807) is 23.2 Å². The third kappa shape index (κ3) is 3.52. The van der Waals surface area contributed by atoms with Gasteiger partial charge in [0.2, 0.25) is 0 Å². The van der Waals surface area contributed by atoms with Crippen molar-refractivity contribution < 1.29 is 13.7 Å². The van der Waals surface area contributed by atoms with E-state index in [4.69, 9.17) is 4.52 Å². The number of aryl methyl sites for hydroxylation is 2. The van der Waals surface area contributed by atoms with Crippen LogP contribution in [0.15, 0.2) is 41.1 Å². The lowest BCUT2D eigenvalue weighted by atomic mass is 9.94. The Bertz CT molecular complexity index is 1020. The number of piperidine rings is 1. The van der Waals surface area contributed by atoms with Gasteiger partial charge in [0.1, 0.15) is 11.6 Å². The van der Waals surface area contributed by atoms with Gasteiger partial charge in [0, 0.05) is 24.4 Å². The Balaban J connectivity index is 1.76. The lowest BCUT2D eigenvalue weighted by molar-refractivity contribution is 0.0605. The van der Waals surface area contributed by atoms with Gasteiger partial charge in [0.25, 0.3) is 5.91 Å². The van der Waals surface area contributed by atoms with Gasteiger partial charge in [-0.15, -0.1) is 0 Å². The fourth-order valence-electron chi connectivity index (χ4n) is 3.67. The van der Waals surface area contributed by atoms with Gasteiger partial charge in [-0.05, 0) is 51.3 Å². The van der Waals surface area contributed by atoms with Crippen molar-refractivity contribution in [2.24, 2.45) is 0 Å². The molecule has 1 atom stereocenters. The van der Waals surface area contributed by atoms with Crippen molar-refractivity contribution in [2.75, 3.05) is 6.54 Å². The SMILES string of the molecule is Cc1cc(-c2cnc(C)nc2C2CCCCN2C(=O)c2cccc(F)c2)on1. The van der Waals surface area contributed by atoms with Crippen LogP contribution in [0.1, 0.15) is 52.9 Å². The van der Waals surface area contributed by atoms with Gasteiger partial charge >= 0.3 is 0 Å². The number of nitrogens with zero attached hydrogens (tertiary/aromatic N) is 4. The van der Waals surface area contributed by atoms with E-state index in [1.807, 2.05) is 19.9 Å². The number of amides is 1. The van der Waals surface area contributed by atoms with Crippen LogP contribution in [0.3, 0.4) is 0 Å². The van der Waals surface area contributed by atoms with Gasteiger partial charge in [-0.3, -0.25) is 4.79 Å². The molecule has 1 amide bonds. The van der Waals surface area contributed by atoms with Gasteiger partial charge in [-0.2, -0.15) is 0 Å². The topological polar surface area (TPSA) is 72.1 Å². The standard InChI is InChI=1S/C21H21FN4O2/c1-13-10-19(28-25-13)17-12-23-14(2)24-20(17)18-8-3-4-9-26(18)21(27)15-6-5-7-16(22)11-15/h5-7,10-12,18H,3-4,8-9H2,1-2H3. The number of likely N-dealkylation sites (tertiary alicyclic amines) is 1. The second kappa shape index (κ2) is 7.50. The number of aromatic nitrogens is 3. The molecule has 0 aliphatic carbocycles. The Morgan fingerprint density at radius 1 is 1.25 bits per heavy atom. The van der Waals surface area contributed by atoms with Crippen molar-refractivity contribution in [2.45, 2.75) is 39.2 Å². The van der Waals surface area contributed by atoms with Crippen molar-refractivity contribution in [3.05, 3.63) is 65.1 Å². The molecule has 1 aromatic carbocycles. The molecule has 0 N–H and O–H groups in total. The highest BCUT2D eigenvalue weighted by Gasteiger charge is 2.32. The third-order valence-electron chi connectivity index (χ3n) is 4.98. The molecule has 144 valence electrons. The maximum absolute atomic E-state index is 13.6. The van der Waals surface area contributed by atoms with E-state index >= 15 is 0 Å². The molecule has 0 saturated carbocycles. The minimum Gasteiger partial charge on any atom is -0.356 e. The van der Waals surface area contributed by atoms with Crippen LogP contribution in [0.25, 0.3) is 11.3 Å². The molecule has 1 unspecified atom stereocenters. The van der Waals surface area contributed by atoms with Gasteiger partial charge in [-0.25, -0.2) is 14.4 Å². The first-order valence-corrected chi connectivity index (χ1v) is 9.36. The molecule has 3 heterocycles. The first kappa shape index (κ1) is 18.3. The molecule has 1 fully saturated rings. The van der Waals surface area contributed by atoms with Crippen LogP contribution >= 0.6 is 0 Å². The minimum absolute atomic E-state index is 0.194. The Labute approximate surface area is 162 Å². The van der Waals surface area contributed by atoms with Crippen molar-refractivity contribution in [1.82, 2.24) is 20.0 Å². The fraction of sp³-hybridized carbons (Fsp3) is 0.333. The minimum atomic E-state index is -0.421. The summed E-state index contributed by atoms with van der Waals surface area (Å²) in [6.45, 7) is 4.26. The van der Waals surface area contributed by atoms with Crippen LogP contribution in [0.2, 0.25) is 0 Å². The van der Waals surface area contributed by atoms with Crippen LogP contribution in [-0.2, 0) is 0 Å². The molecule has 0 spiro atoms. The first-order chi connectivity index (χ1) is 13.5. The summed E-state index contributed by atoms with van der Waals surface area (Å²) in [7, 11) is 0. The monoisotopic (exact) mass is 380 g/mol. The van der Waals surface area contributed by atoms with Gasteiger partial charge in [-0.1, -0.05) is 11.2 Å². The van der Waals surface area contributed by atoms with E-state index in [0.29, 0.717) is 23.7 Å². The summed E-state index contributed by atoms with van der Waals surface area (Å²) in [5.41, 5.74) is 2.58. The summed E-state index contributed by atoms with van der Waals surface area (Å²) in [4.78, 5) is 23.9. The molecule has 4 rings (SSSR count). The van der Waals surface area contributed by atoms with Crippen molar-refractivity contribution in [3.63, 3.8) is 0 Å². The van der Waals surface area contributed by atoms with E-state index in [-0.39, 0.29) is 11.9 Å². The first-order valence-electron chi connectivity index (χ1n) is 9.36. The summed E-state index contributed by atoms with van der Waals surface area (Å²) in [5.74, 6) is 0.588. The number of carbonyl (C=O) groups excluding carboxylic acids is 1. The van der Waals surface area contributed by atoms with E-state index in [1.165, 1.54) is 12.1 Å². The van der Waals surface area contributed by atoms with E-state index in [0.717, 1.165) is 36.2 Å². The zero-order valence-corrected chi connectivity index (χ0v) is 15.9. The largest absolute Gasteiger partial charge is 0.356 e. The summed E-state index contributed by atoms with van der Waals surface area (Å²) in [6, 6.07) is 7.41. The van der Waals surface area contributed by atoms with E-state index < -0.39 is 5.82 Å². The number of rotatable bonds is 3. The lowest BCUT2D eigenvalue weighted by Crippen LogP contribution is -2.39. The zero-order valence-electron chi connectivity index (χ0n) is 15.9. The van der Waals surface area contributed by atoms with Crippen LogP contribution in [0.5, 0.6) is 0 Å². The normalized spacial score (nSPS) is 17.0. The Hall–Kier alpha value is -3.09. The van der Waals surface area contributed by atoms with Crippen molar-refractivity contribution in [3.8, 4) is 11.3 Å². The molecule has 0 radical (unpaired) electrons. The number of halogens is 1. The van der Waals surface area contributed by atoms with Crippen LogP contribution in [0.4, 0.5) is 4.39 Å². The summed E-state index contributed by atoms with van der Waals surface area (Å²) >= 11 is 0. The molecule has 1 saturated heterocycles. The fourth-order valence-corrected chi connectivity index (χ4v) is 3.67. The van der Waals surface area contributed by atoms with Crippen LogP contribution < -0.4 is 0 Å². The maximum atomic E-state index is 13.6. The number of carbonyl (C=O) groups is 1. The second-order valence-corrected chi connectivity index (χ2v) is 7.07. The van der Waals surface area contributed by atoms with E-state index in [9.17, 15) is 9.18 Å². The average molecular weight is 380 g/mol. The van der Waals surface area contributed by atoms with Crippen molar-refractivity contribution in [1.29, 1.82) is 0 Å². The Kier molecular flexibility index (Phi) is 4.90. The number of benzene rings is 1. The summed E-state index contributed by atoms with van der Waals surface area (Å²) in [5, 5.41) is 3.96. The highest BCUT2D eigenvalue weighted by atomic mass is 19.1. The summed E-state index contributed by atoms with van der Waals surface area (Å²) < 4.78 is 19.1. The van der Waals surface area contributed by atoms with E-state index in [2.05, 4.69) is 15.1 Å². The quantitative estimate of drug-likeness (QED) is 0.679. The predicted molar refractivity (Wildman–Crippen MR) is 101 cm³/mol. The van der Waals surface area contributed by atoms with Crippen molar-refractivity contribution >= 4 is 5.91 Å². The highest BCUT2D eigenvalue weighted by molar-refractivity contribution is 5.94. The number of hydrogen-bond acceptors (Lipinski definition) is 5. The summed E-state index contributed by atoms with van der Waals surface area (Å²) in [6.07, 6.45) is 4.38. The smallest absolute Gasteiger partial charge is 0.254 e. The molecule has 6 nitrogen and oxygen atoms in total. The molecule has 7 heteroatoms. The Morgan fingerprint density at radius 3 is 2.86 bits per heavy atom. The molecule has 1 aliphatic heterocycles. The molecular weight excluding hydrogens is 359 g/mol. The molecule has 1 aliphatic rings. The molecule has 0 bridgehead atoms. The second-order valence-electron chi connectivity index (χ2n) is 7.07. The molecule has 3 aromatic rings. The maximum Gasteiger partial charge on any atom is 0.254 e. The molecule has 2 aromatic heterocycles. The molecular formula is C21H21FN4O2. The zero-order chi connectivity index (χ0) is 19.7. The van der Waals surface area contributed by atoms with Gasteiger partial charge in [0.05, 0.1) is 23.0 Å². The van der Waals surface area contributed by atoms with Gasteiger partial charge in [0.15, 0.2) is 5.76 Å². The van der Waals surface area contributed by atoms with Crippen LogP contribution in [-0.4, -0.2) is 32.5 Å². The lowest BCUT2D eigenvalue weighted by Gasteiger charge is -2.36. The van der Waals surface area contributed by atoms with Crippen LogP contribution in [0, 0.1) is 19.7 Å². The van der Waals surface area contributed by atoms with Gasteiger partial charge < -0.3 is 9.42 Å². The number of hydrogen-bond donors (Lipinski definition) is 0. The highest BCUT2D eigenvalue weighted by Crippen LogP contribution is 2.36. The average Bonchev–Trinajstić information content (AvgIpc) is 3.13. The molecule has 28 heavy (non-hydrogen) atoms. The Morgan fingerprint density at radius 2 is 2.11 bits per heavy atom. The third-order valence-corrected chi connectivity index (χ3v) is 4.98. The predicted octanol–water partition coefficient (Wildman–Crippen LogP) is 4.25.